The van der Waals surface area contributed by atoms with Crippen molar-refractivity contribution in [2.75, 3.05) is 13.7 Å². The zero-order valence-corrected chi connectivity index (χ0v) is 18.3. The third kappa shape index (κ3) is 4.48. The van der Waals surface area contributed by atoms with Crippen molar-refractivity contribution in [2.45, 2.75) is 89.5 Å². The zero-order chi connectivity index (χ0) is 22.3. The first kappa shape index (κ1) is 23.0. The number of nitrogens with zero attached hydrogens (tertiary/aromatic N) is 1. The molecule has 2 aliphatic rings. The Morgan fingerprint density at radius 2 is 1.52 bits per heavy atom. The van der Waals surface area contributed by atoms with E-state index in [4.69, 9.17) is 14.2 Å². The maximum atomic E-state index is 13.5. The van der Waals surface area contributed by atoms with Crippen molar-refractivity contribution in [3.63, 3.8) is 0 Å². The van der Waals surface area contributed by atoms with Crippen molar-refractivity contribution < 1.29 is 33.4 Å². The van der Waals surface area contributed by atoms with Gasteiger partial charge in [0, 0.05) is 6.54 Å². The van der Waals surface area contributed by atoms with E-state index in [1.807, 2.05) is 0 Å². The summed E-state index contributed by atoms with van der Waals surface area (Å²) in [5, 5.41) is 2.47. The summed E-state index contributed by atoms with van der Waals surface area (Å²) in [6.07, 6.45) is 0.216. The van der Waals surface area contributed by atoms with Gasteiger partial charge in [-0.25, -0.2) is 14.4 Å². The molecule has 0 radical (unpaired) electrons. The normalized spacial score (nSPS) is 27.1. The van der Waals surface area contributed by atoms with E-state index in [2.05, 4.69) is 5.32 Å². The van der Waals surface area contributed by atoms with Gasteiger partial charge in [0.05, 0.1) is 7.11 Å². The van der Waals surface area contributed by atoms with E-state index in [1.54, 1.807) is 41.5 Å². The lowest BCUT2D eigenvalue weighted by molar-refractivity contribution is -0.180. The molecule has 0 aromatic carbocycles. The number of alkyl carbamates (subject to hydrolysis) is 1. The summed E-state index contributed by atoms with van der Waals surface area (Å²) in [6.45, 7) is 10.3. The minimum Gasteiger partial charge on any atom is -0.467 e. The average Bonchev–Trinajstić information content (AvgIpc) is 2.99. The molecule has 0 aliphatic carbocycles. The van der Waals surface area contributed by atoms with Crippen LogP contribution in [0.1, 0.15) is 67.2 Å². The van der Waals surface area contributed by atoms with Gasteiger partial charge in [-0.3, -0.25) is 10.1 Å². The van der Waals surface area contributed by atoms with E-state index in [-0.39, 0.29) is 19.4 Å². The summed E-state index contributed by atoms with van der Waals surface area (Å²) in [4.78, 5) is 53.0. The van der Waals surface area contributed by atoms with Crippen LogP contribution in [0.25, 0.3) is 0 Å². The van der Waals surface area contributed by atoms with Gasteiger partial charge >= 0.3 is 18.0 Å². The number of hydrogen-bond donors (Lipinski definition) is 1. The number of esters is 2. The molecule has 0 spiro atoms. The van der Waals surface area contributed by atoms with Crippen molar-refractivity contribution in [1.29, 1.82) is 0 Å². The van der Waals surface area contributed by atoms with Crippen LogP contribution >= 0.6 is 0 Å². The standard InChI is InChI=1S/C20H32N2O7/c1-17(2,3)28-15(25)20(21-16(26)29-18(4,5)6)11-10-19(14(24)27-7)9-8-12-22(19)13(20)23/h8-12H2,1-7H3,(H,21,26)/t19-,20-/m1/s1. The van der Waals surface area contributed by atoms with Crippen LogP contribution in [0, 0.1) is 0 Å². The van der Waals surface area contributed by atoms with Crippen LogP contribution in [0.5, 0.6) is 0 Å². The quantitative estimate of drug-likeness (QED) is 0.428. The molecule has 2 rings (SSSR count). The molecule has 0 unspecified atom stereocenters. The number of piperidine rings is 1. The highest BCUT2D eigenvalue weighted by Crippen LogP contribution is 2.43. The fraction of sp³-hybridized carbons (Fsp3) is 0.800. The molecule has 2 saturated heterocycles. The van der Waals surface area contributed by atoms with Gasteiger partial charge < -0.3 is 19.1 Å². The number of hydrogen-bond acceptors (Lipinski definition) is 7. The number of rotatable bonds is 3. The molecule has 2 heterocycles. The molecule has 1 N–H and O–H groups in total. The van der Waals surface area contributed by atoms with E-state index in [0.29, 0.717) is 12.8 Å². The highest BCUT2D eigenvalue weighted by Gasteiger charge is 2.64. The lowest BCUT2D eigenvalue weighted by Gasteiger charge is -2.47. The Hall–Kier alpha value is -2.32. The number of ether oxygens (including phenoxy) is 3. The minimum atomic E-state index is -1.96. The smallest absolute Gasteiger partial charge is 0.408 e. The summed E-state index contributed by atoms with van der Waals surface area (Å²) in [6, 6.07) is 0. The van der Waals surface area contributed by atoms with E-state index < -0.39 is 46.2 Å². The number of nitrogens with one attached hydrogen (secondary N) is 1. The van der Waals surface area contributed by atoms with Crippen LogP contribution in [0.2, 0.25) is 0 Å². The maximum absolute atomic E-state index is 13.5. The van der Waals surface area contributed by atoms with Crippen LogP contribution in [-0.4, -0.2) is 64.8 Å². The molecule has 29 heavy (non-hydrogen) atoms. The molecule has 2 aliphatic heterocycles. The molecular formula is C20H32N2O7. The van der Waals surface area contributed by atoms with E-state index in [0.717, 1.165) is 0 Å². The molecule has 2 fully saturated rings. The fourth-order valence-electron chi connectivity index (χ4n) is 3.87. The third-order valence-electron chi connectivity index (χ3n) is 5.04. The lowest BCUT2D eigenvalue weighted by Crippen LogP contribution is -2.73. The van der Waals surface area contributed by atoms with Crippen LogP contribution in [0.15, 0.2) is 0 Å². The predicted octanol–water partition coefficient (Wildman–Crippen LogP) is 1.92. The Morgan fingerprint density at radius 3 is 2.03 bits per heavy atom. The van der Waals surface area contributed by atoms with Gasteiger partial charge in [0.15, 0.2) is 0 Å². The molecule has 9 heteroatoms. The number of fused-ring (bicyclic) bond motifs is 1. The zero-order valence-electron chi connectivity index (χ0n) is 18.3. The number of carbonyl (C=O) groups excluding carboxylic acids is 4. The number of amides is 2. The summed E-state index contributed by atoms with van der Waals surface area (Å²) in [7, 11) is 1.27. The molecule has 0 aromatic heterocycles. The molecule has 0 aromatic rings. The second-order valence-corrected chi connectivity index (χ2v) is 9.62. The molecule has 2 atom stereocenters. The van der Waals surface area contributed by atoms with Crippen molar-refractivity contribution >= 4 is 23.9 Å². The van der Waals surface area contributed by atoms with Gasteiger partial charge in [-0.1, -0.05) is 0 Å². The second kappa shape index (κ2) is 7.50. The fourth-order valence-corrected chi connectivity index (χ4v) is 3.87. The minimum absolute atomic E-state index is 0.0917. The van der Waals surface area contributed by atoms with E-state index in [9.17, 15) is 19.2 Å². The Balaban J connectivity index is 2.43. The Kier molecular flexibility index (Phi) is 5.94. The van der Waals surface area contributed by atoms with Crippen LogP contribution in [0.4, 0.5) is 4.79 Å². The molecular weight excluding hydrogens is 380 g/mol. The van der Waals surface area contributed by atoms with Gasteiger partial charge in [-0.15, -0.1) is 0 Å². The van der Waals surface area contributed by atoms with Gasteiger partial charge in [0.25, 0.3) is 5.91 Å². The monoisotopic (exact) mass is 412 g/mol. The van der Waals surface area contributed by atoms with E-state index in [1.165, 1.54) is 12.0 Å². The number of methoxy groups -OCH3 is 1. The SMILES string of the molecule is COC(=O)[C@]12CCCN1C(=O)[C@@](NC(=O)OC(C)(C)C)(C(=O)OC(C)(C)C)CC2. The topological polar surface area (TPSA) is 111 Å². The summed E-state index contributed by atoms with van der Waals surface area (Å²) in [5.74, 6) is -2.06. The van der Waals surface area contributed by atoms with Crippen LogP contribution < -0.4 is 5.32 Å². The van der Waals surface area contributed by atoms with Gasteiger partial charge in [-0.2, -0.15) is 0 Å². The van der Waals surface area contributed by atoms with E-state index >= 15 is 0 Å². The highest BCUT2D eigenvalue weighted by atomic mass is 16.6. The van der Waals surface area contributed by atoms with Crippen molar-refractivity contribution in [2.24, 2.45) is 0 Å². The van der Waals surface area contributed by atoms with Crippen LogP contribution in [0.3, 0.4) is 0 Å². The molecule has 0 bridgehead atoms. The first-order valence-electron chi connectivity index (χ1n) is 9.82. The summed E-state index contributed by atoms with van der Waals surface area (Å²) < 4.78 is 15.7. The average molecular weight is 412 g/mol. The van der Waals surface area contributed by atoms with Crippen molar-refractivity contribution in [3.8, 4) is 0 Å². The second-order valence-electron chi connectivity index (χ2n) is 9.62. The molecule has 9 nitrogen and oxygen atoms in total. The van der Waals surface area contributed by atoms with Gasteiger partial charge in [-0.05, 0) is 67.2 Å². The highest BCUT2D eigenvalue weighted by molar-refractivity contribution is 6.12. The summed E-state index contributed by atoms with van der Waals surface area (Å²) >= 11 is 0. The Labute approximate surface area is 171 Å². The number of carbonyl (C=O) groups is 4. The first-order chi connectivity index (χ1) is 13.2. The van der Waals surface area contributed by atoms with Gasteiger partial charge in [0.1, 0.15) is 16.7 Å². The molecule has 164 valence electrons. The van der Waals surface area contributed by atoms with Crippen molar-refractivity contribution in [1.82, 2.24) is 10.2 Å². The van der Waals surface area contributed by atoms with Crippen LogP contribution in [-0.2, 0) is 28.6 Å². The Morgan fingerprint density at radius 1 is 0.931 bits per heavy atom. The van der Waals surface area contributed by atoms with Gasteiger partial charge in [0.2, 0.25) is 5.54 Å². The maximum Gasteiger partial charge on any atom is 0.408 e. The lowest BCUT2D eigenvalue weighted by atomic mass is 9.77. The third-order valence-corrected chi connectivity index (χ3v) is 5.04. The summed E-state index contributed by atoms with van der Waals surface area (Å²) in [5.41, 5.74) is -4.77. The molecule has 2 amide bonds. The largest absolute Gasteiger partial charge is 0.467 e. The predicted molar refractivity (Wildman–Crippen MR) is 103 cm³/mol. The van der Waals surface area contributed by atoms with Crippen molar-refractivity contribution in [3.05, 3.63) is 0 Å². The Bertz CT molecular complexity index is 707. The molecule has 0 saturated carbocycles. The first-order valence-corrected chi connectivity index (χ1v) is 9.82.